The number of halogens is 4. The summed E-state index contributed by atoms with van der Waals surface area (Å²) in [5.41, 5.74) is -0.856. The lowest BCUT2D eigenvalue weighted by molar-refractivity contribution is -0.136. The third-order valence-electron chi connectivity index (χ3n) is 2.40. The maximum atomic E-state index is 12.8. The number of ether oxygens (including phenoxy) is 1. The third kappa shape index (κ3) is 2.29. The van der Waals surface area contributed by atoms with Crippen molar-refractivity contribution in [2.75, 3.05) is 6.61 Å². The van der Waals surface area contributed by atoms with Crippen molar-refractivity contribution < 1.29 is 17.9 Å². The summed E-state index contributed by atoms with van der Waals surface area (Å²) in [6, 6.07) is 3.92. The van der Waals surface area contributed by atoms with Gasteiger partial charge in [0.05, 0.1) is 22.2 Å². The smallest absolute Gasteiger partial charge is 0.418 e. The molecule has 6 heteroatoms. The van der Waals surface area contributed by atoms with Crippen LogP contribution in [0.5, 0.6) is 5.75 Å². The molecular weight excluding hydrogens is 311 g/mol. The molecule has 0 aliphatic carbocycles. The number of hydrogen-bond acceptors (Lipinski definition) is 2. The van der Waals surface area contributed by atoms with E-state index in [9.17, 15) is 13.2 Å². The molecule has 0 unspecified atom stereocenters. The molecule has 0 aliphatic rings. The summed E-state index contributed by atoms with van der Waals surface area (Å²) in [7, 11) is 0. The van der Waals surface area contributed by atoms with Crippen LogP contribution < -0.4 is 4.74 Å². The number of pyridine rings is 1. The summed E-state index contributed by atoms with van der Waals surface area (Å²) in [4.78, 5) is 3.84. The van der Waals surface area contributed by atoms with Crippen molar-refractivity contribution in [1.82, 2.24) is 4.98 Å². The topological polar surface area (TPSA) is 22.1 Å². The Kier molecular flexibility index (Phi) is 3.47. The maximum absolute atomic E-state index is 12.8. The average molecular weight is 320 g/mol. The second-order valence-electron chi connectivity index (χ2n) is 3.57. The lowest BCUT2D eigenvalue weighted by atomic mass is 10.1. The highest BCUT2D eigenvalue weighted by atomic mass is 79.9. The number of nitrogens with zero attached hydrogens (tertiary/aromatic N) is 1. The zero-order valence-electron chi connectivity index (χ0n) is 9.38. The van der Waals surface area contributed by atoms with Crippen molar-refractivity contribution in [2.45, 2.75) is 13.1 Å². The molecule has 18 heavy (non-hydrogen) atoms. The number of aromatic nitrogens is 1. The second kappa shape index (κ2) is 4.76. The summed E-state index contributed by atoms with van der Waals surface area (Å²) < 4.78 is 44.4. The Hall–Kier alpha value is -1.30. The van der Waals surface area contributed by atoms with Gasteiger partial charge in [-0.05, 0) is 35.0 Å². The Morgan fingerprint density at radius 1 is 1.33 bits per heavy atom. The molecule has 96 valence electrons. The van der Waals surface area contributed by atoms with Crippen LogP contribution >= 0.6 is 15.9 Å². The van der Waals surface area contributed by atoms with Gasteiger partial charge in [0.1, 0.15) is 5.75 Å². The van der Waals surface area contributed by atoms with Crippen LogP contribution in [0.15, 0.2) is 28.9 Å². The number of benzene rings is 1. The molecule has 0 N–H and O–H groups in total. The minimum atomic E-state index is -4.43. The lowest BCUT2D eigenvalue weighted by Crippen LogP contribution is -2.07. The van der Waals surface area contributed by atoms with Gasteiger partial charge in [-0.15, -0.1) is 0 Å². The van der Waals surface area contributed by atoms with Crippen LogP contribution in [0.2, 0.25) is 0 Å². The maximum Gasteiger partial charge on any atom is 0.418 e. The molecule has 2 aromatic rings. The van der Waals surface area contributed by atoms with E-state index in [1.165, 1.54) is 12.3 Å². The first kappa shape index (κ1) is 13.1. The summed E-state index contributed by atoms with van der Waals surface area (Å²) in [6.07, 6.45) is -3.10. The van der Waals surface area contributed by atoms with Gasteiger partial charge < -0.3 is 4.74 Å². The minimum Gasteiger partial charge on any atom is -0.492 e. The van der Waals surface area contributed by atoms with Gasteiger partial charge >= 0.3 is 6.18 Å². The predicted molar refractivity (Wildman–Crippen MR) is 65.6 cm³/mol. The van der Waals surface area contributed by atoms with E-state index in [4.69, 9.17) is 4.74 Å². The van der Waals surface area contributed by atoms with Gasteiger partial charge in [0, 0.05) is 11.6 Å². The first-order valence-corrected chi connectivity index (χ1v) is 6.01. The summed E-state index contributed by atoms with van der Waals surface area (Å²) in [6.45, 7) is 2.14. The normalized spacial score (nSPS) is 11.8. The number of rotatable bonds is 2. The van der Waals surface area contributed by atoms with Gasteiger partial charge in [0.25, 0.3) is 0 Å². The van der Waals surface area contributed by atoms with Gasteiger partial charge in [0.15, 0.2) is 0 Å². The van der Waals surface area contributed by atoms with Crippen molar-refractivity contribution in [3.63, 3.8) is 0 Å². The Balaban J connectivity index is 2.77. The number of alkyl halides is 3. The molecule has 0 amide bonds. The fourth-order valence-electron chi connectivity index (χ4n) is 1.69. The van der Waals surface area contributed by atoms with Crippen molar-refractivity contribution in [3.05, 3.63) is 34.4 Å². The van der Waals surface area contributed by atoms with Crippen LogP contribution in [0.25, 0.3) is 10.9 Å². The quantitative estimate of drug-likeness (QED) is 0.817. The fraction of sp³-hybridized carbons (Fsp3) is 0.250. The van der Waals surface area contributed by atoms with Gasteiger partial charge in [-0.25, -0.2) is 0 Å². The van der Waals surface area contributed by atoms with Gasteiger partial charge in [0.2, 0.25) is 0 Å². The molecule has 1 aromatic carbocycles. The van der Waals surface area contributed by atoms with E-state index < -0.39 is 11.7 Å². The van der Waals surface area contributed by atoms with Crippen LogP contribution in [0, 0.1) is 0 Å². The van der Waals surface area contributed by atoms with E-state index in [2.05, 4.69) is 20.9 Å². The van der Waals surface area contributed by atoms with Crippen LogP contribution in [0.1, 0.15) is 12.5 Å². The molecular formula is C12H9BrF3NO. The Morgan fingerprint density at radius 2 is 2.06 bits per heavy atom. The first-order valence-electron chi connectivity index (χ1n) is 5.22. The Morgan fingerprint density at radius 3 is 2.67 bits per heavy atom. The molecule has 0 saturated carbocycles. The van der Waals surface area contributed by atoms with E-state index in [0.717, 1.165) is 6.07 Å². The van der Waals surface area contributed by atoms with Gasteiger partial charge in [-0.1, -0.05) is 6.07 Å². The van der Waals surface area contributed by atoms with Crippen molar-refractivity contribution in [3.8, 4) is 5.75 Å². The minimum absolute atomic E-state index is 0.100. The SMILES string of the molecule is CCOc1c(Br)cnc2c(C(F)(F)F)cccc12. The van der Waals surface area contributed by atoms with Crippen LogP contribution in [-0.4, -0.2) is 11.6 Å². The molecule has 0 fully saturated rings. The first-order chi connectivity index (χ1) is 8.45. The molecule has 0 aliphatic heterocycles. The van der Waals surface area contributed by atoms with E-state index >= 15 is 0 Å². The molecule has 1 heterocycles. The number of hydrogen-bond donors (Lipinski definition) is 0. The van der Waals surface area contributed by atoms with Crippen molar-refractivity contribution >= 4 is 26.8 Å². The largest absolute Gasteiger partial charge is 0.492 e. The highest BCUT2D eigenvalue weighted by Crippen LogP contribution is 2.39. The molecule has 0 saturated heterocycles. The number of para-hydroxylation sites is 1. The van der Waals surface area contributed by atoms with E-state index in [1.807, 2.05) is 0 Å². The zero-order valence-corrected chi connectivity index (χ0v) is 11.0. The average Bonchev–Trinajstić information content (AvgIpc) is 2.31. The van der Waals surface area contributed by atoms with Gasteiger partial charge in [-0.3, -0.25) is 4.98 Å². The third-order valence-corrected chi connectivity index (χ3v) is 2.96. The van der Waals surface area contributed by atoms with Gasteiger partial charge in [-0.2, -0.15) is 13.2 Å². The molecule has 0 radical (unpaired) electrons. The van der Waals surface area contributed by atoms with Crippen molar-refractivity contribution in [2.24, 2.45) is 0 Å². The summed E-state index contributed by atoms with van der Waals surface area (Å²) >= 11 is 3.22. The standard InChI is InChI=1S/C12H9BrF3NO/c1-2-18-11-7-4-3-5-8(12(14,15)16)10(7)17-6-9(11)13/h3-6H,2H2,1H3. The van der Waals surface area contributed by atoms with Crippen LogP contribution in [0.4, 0.5) is 13.2 Å². The van der Waals surface area contributed by atoms with Crippen LogP contribution in [0.3, 0.4) is 0 Å². The molecule has 2 nitrogen and oxygen atoms in total. The highest BCUT2D eigenvalue weighted by Gasteiger charge is 2.33. The Labute approximate surface area is 110 Å². The molecule has 2 rings (SSSR count). The van der Waals surface area contributed by atoms with E-state index in [1.54, 1.807) is 13.0 Å². The lowest BCUT2D eigenvalue weighted by Gasteiger charge is -2.13. The summed E-state index contributed by atoms with van der Waals surface area (Å²) in [5, 5.41) is 0.348. The summed E-state index contributed by atoms with van der Waals surface area (Å²) in [5.74, 6) is 0.383. The second-order valence-corrected chi connectivity index (χ2v) is 4.42. The number of fused-ring (bicyclic) bond motifs is 1. The molecule has 0 spiro atoms. The van der Waals surface area contributed by atoms with Crippen molar-refractivity contribution in [1.29, 1.82) is 0 Å². The fourth-order valence-corrected chi connectivity index (χ4v) is 2.12. The predicted octanol–water partition coefficient (Wildman–Crippen LogP) is 4.41. The zero-order chi connectivity index (χ0) is 13.3. The van der Waals surface area contributed by atoms with E-state index in [-0.39, 0.29) is 5.52 Å². The Bertz CT molecular complexity index is 583. The molecule has 0 atom stereocenters. The van der Waals surface area contributed by atoms with E-state index in [0.29, 0.717) is 22.2 Å². The molecule has 0 bridgehead atoms. The van der Waals surface area contributed by atoms with Crippen LogP contribution in [-0.2, 0) is 6.18 Å². The molecule has 1 aromatic heterocycles. The monoisotopic (exact) mass is 319 g/mol. The highest BCUT2D eigenvalue weighted by molar-refractivity contribution is 9.10.